The Morgan fingerprint density at radius 3 is 2.68 bits per heavy atom. The Bertz CT molecular complexity index is 1080. The predicted octanol–water partition coefficient (Wildman–Crippen LogP) is 4.86. The van der Waals surface area contributed by atoms with Crippen molar-refractivity contribution >= 4 is 32.8 Å². The second-order valence-corrected chi connectivity index (χ2v) is 5.55. The van der Waals surface area contributed by atoms with E-state index in [4.69, 9.17) is 4.98 Å². The van der Waals surface area contributed by atoms with E-state index in [1.165, 1.54) is 16.3 Å². The van der Waals surface area contributed by atoms with Crippen LogP contribution in [0.2, 0.25) is 0 Å². The highest BCUT2D eigenvalue weighted by atomic mass is 14.9. The number of hydrogen-bond donors (Lipinski definition) is 2. The highest BCUT2D eigenvalue weighted by Crippen LogP contribution is 2.30. The highest BCUT2D eigenvalue weighted by Gasteiger charge is 2.10. The van der Waals surface area contributed by atoms with Gasteiger partial charge in [-0.25, -0.2) is 4.98 Å². The van der Waals surface area contributed by atoms with Crippen LogP contribution in [0.4, 0.5) is 0 Å². The van der Waals surface area contributed by atoms with Gasteiger partial charge in [0.2, 0.25) is 0 Å². The second kappa shape index (κ2) is 4.21. The standard InChI is InChI=1S/C19H13N3/c1-3-7-16-12(5-1)9-13-10-18(22-19(13)21-16)15-11-20-17-8-4-2-6-14(15)17/h1-11,20H,(H,21,22). The van der Waals surface area contributed by atoms with Crippen LogP contribution in [0.25, 0.3) is 44.1 Å². The van der Waals surface area contributed by atoms with Crippen molar-refractivity contribution in [1.82, 2.24) is 15.0 Å². The number of pyridine rings is 1. The van der Waals surface area contributed by atoms with Crippen molar-refractivity contribution in [1.29, 1.82) is 0 Å². The fourth-order valence-electron chi connectivity index (χ4n) is 3.10. The summed E-state index contributed by atoms with van der Waals surface area (Å²) in [5.41, 5.74) is 5.36. The van der Waals surface area contributed by atoms with Crippen LogP contribution in [-0.2, 0) is 0 Å². The van der Waals surface area contributed by atoms with Gasteiger partial charge in [-0.3, -0.25) is 0 Å². The first kappa shape index (κ1) is 11.6. The molecule has 5 aromatic rings. The van der Waals surface area contributed by atoms with Gasteiger partial charge in [0.15, 0.2) is 0 Å². The van der Waals surface area contributed by atoms with Gasteiger partial charge < -0.3 is 9.97 Å². The van der Waals surface area contributed by atoms with Gasteiger partial charge in [0.1, 0.15) is 5.65 Å². The van der Waals surface area contributed by atoms with Crippen LogP contribution < -0.4 is 0 Å². The molecule has 0 atom stereocenters. The van der Waals surface area contributed by atoms with Crippen LogP contribution in [0.3, 0.4) is 0 Å². The lowest BCUT2D eigenvalue weighted by Gasteiger charge is -1.96. The van der Waals surface area contributed by atoms with Gasteiger partial charge in [-0.2, -0.15) is 0 Å². The molecule has 5 rings (SSSR count). The number of nitrogens with one attached hydrogen (secondary N) is 2. The number of para-hydroxylation sites is 2. The van der Waals surface area contributed by atoms with Crippen LogP contribution in [0.15, 0.2) is 66.9 Å². The Morgan fingerprint density at radius 2 is 1.68 bits per heavy atom. The van der Waals surface area contributed by atoms with Gasteiger partial charge in [-0.05, 0) is 24.3 Å². The lowest BCUT2D eigenvalue weighted by Crippen LogP contribution is -1.80. The summed E-state index contributed by atoms with van der Waals surface area (Å²) in [6.45, 7) is 0. The number of nitrogens with zero attached hydrogens (tertiary/aromatic N) is 1. The quantitative estimate of drug-likeness (QED) is 0.453. The number of aromatic amines is 2. The molecule has 0 bridgehead atoms. The number of hydrogen-bond acceptors (Lipinski definition) is 1. The Hall–Kier alpha value is -3.07. The van der Waals surface area contributed by atoms with E-state index in [1.807, 2.05) is 24.3 Å². The van der Waals surface area contributed by atoms with Gasteiger partial charge >= 0.3 is 0 Å². The minimum absolute atomic E-state index is 0.930. The van der Waals surface area contributed by atoms with Crippen LogP contribution >= 0.6 is 0 Å². The first-order valence-corrected chi connectivity index (χ1v) is 7.33. The van der Waals surface area contributed by atoms with Gasteiger partial charge in [-0.15, -0.1) is 0 Å². The summed E-state index contributed by atoms with van der Waals surface area (Å²) in [6, 6.07) is 20.9. The van der Waals surface area contributed by atoms with E-state index in [1.54, 1.807) is 0 Å². The van der Waals surface area contributed by atoms with Crippen molar-refractivity contribution in [3.63, 3.8) is 0 Å². The molecule has 0 saturated carbocycles. The maximum absolute atomic E-state index is 4.72. The number of benzene rings is 2. The van der Waals surface area contributed by atoms with Crippen molar-refractivity contribution in [2.75, 3.05) is 0 Å². The third-order valence-electron chi connectivity index (χ3n) is 4.19. The number of H-pyrrole nitrogens is 2. The highest BCUT2D eigenvalue weighted by molar-refractivity contribution is 5.99. The van der Waals surface area contributed by atoms with Crippen LogP contribution in [0.5, 0.6) is 0 Å². The molecule has 3 aromatic heterocycles. The van der Waals surface area contributed by atoms with Crippen molar-refractivity contribution < 1.29 is 0 Å². The first-order valence-electron chi connectivity index (χ1n) is 7.33. The second-order valence-electron chi connectivity index (χ2n) is 5.55. The summed E-state index contributed by atoms with van der Waals surface area (Å²) in [5.74, 6) is 0. The molecule has 0 radical (unpaired) electrons. The Kier molecular flexibility index (Phi) is 2.22. The average molecular weight is 283 g/mol. The van der Waals surface area contributed by atoms with Crippen LogP contribution in [0.1, 0.15) is 0 Å². The lowest BCUT2D eigenvalue weighted by atomic mass is 10.1. The molecule has 2 N–H and O–H groups in total. The Morgan fingerprint density at radius 1 is 0.818 bits per heavy atom. The molecule has 0 amide bonds. The number of fused-ring (bicyclic) bond motifs is 3. The summed E-state index contributed by atoms with van der Waals surface area (Å²) in [5, 5.41) is 3.53. The molecule has 0 unspecified atom stereocenters. The molecular formula is C19H13N3. The van der Waals surface area contributed by atoms with E-state index < -0.39 is 0 Å². The first-order chi connectivity index (χ1) is 10.9. The maximum atomic E-state index is 4.72. The fraction of sp³-hybridized carbons (Fsp3) is 0. The van der Waals surface area contributed by atoms with Gasteiger partial charge in [-0.1, -0.05) is 36.4 Å². The molecular weight excluding hydrogens is 270 g/mol. The van der Waals surface area contributed by atoms with Gasteiger partial charge in [0, 0.05) is 39.1 Å². The summed E-state index contributed by atoms with van der Waals surface area (Å²) >= 11 is 0. The van der Waals surface area contributed by atoms with E-state index in [0.717, 1.165) is 27.8 Å². The molecule has 22 heavy (non-hydrogen) atoms. The summed E-state index contributed by atoms with van der Waals surface area (Å²) < 4.78 is 0. The van der Waals surface area contributed by atoms with Crippen molar-refractivity contribution in [3.8, 4) is 11.3 Å². The Labute approximate surface area is 126 Å². The van der Waals surface area contributed by atoms with Crippen LogP contribution in [-0.4, -0.2) is 15.0 Å². The number of rotatable bonds is 1. The van der Waals surface area contributed by atoms with Crippen LogP contribution in [0, 0.1) is 0 Å². The van der Waals surface area contributed by atoms with Crippen molar-refractivity contribution in [3.05, 3.63) is 66.9 Å². The average Bonchev–Trinajstić information content (AvgIpc) is 3.15. The molecule has 2 aromatic carbocycles. The van der Waals surface area contributed by atoms with E-state index in [-0.39, 0.29) is 0 Å². The predicted molar refractivity (Wildman–Crippen MR) is 90.9 cm³/mol. The van der Waals surface area contributed by atoms with Gasteiger partial charge in [0.25, 0.3) is 0 Å². The Balaban J connectivity index is 1.79. The zero-order chi connectivity index (χ0) is 14.5. The monoisotopic (exact) mass is 283 g/mol. The molecule has 0 saturated heterocycles. The molecule has 0 spiro atoms. The van der Waals surface area contributed by atoms with E-state index in [2.05, 4.69) is 52.6 Å². The number of aromatic nitrogens is 3. The zero-order valence-corrected chi connectivity index (χ0v) is 11.8. The molecule has 104 valence electrons. The summed E-state index contributed by atoms with van der Waals surface area (Å²) in [4.78, 5) is 11.5. The van der Waals surface area contributed by atoms with E-state index in [9.17, 15) is 0 Å². The molecule has 0 aliphatic carbocycles. The largest absolute Gasteiger partial charge is 0.360 e. The van der Waals surface area contributed by atoms with E-state index in [0.29, 0.717) is 0 Å². The molecule has 0 fully saturated rings. The fourth-order valence-corrected chi connectivity index (χ4v) is 3.10. The van der Waals surface area contributed by atoms with Gasteiger partial charge in [0.05, 0.1) is 5.52 Å². The molecule has 3 heteroatoms. The minimum Gasteiger partial charge on any atom is -0.360 e. The summed E-state index contributed by atoms with van der Waals surface area (Å²) in [6.07, 6.45) is 2.05. The lowest BCUT2D eigenvalue weighted by molar-refractivity contribution is 1.37. The minimum atomic E-state index is 0.930. The molecule has 0 aliphatic rings. The third kappa shape index (κ3) is 1.59. The van der Waals surface area contributed by atoms with Crippen molar-refractivity contribution in [2.45, 2.75) is 0 Å². The smallest absolute Gasteiger partial charge is 0.138 e. The normalized spacial score (nSPS) is 11.6. The molecule has 0 aliphatic heterocycles. The van der Waals surface area contributed by atoms with E-state index >= 15 is 0 Å². The topological polar surface area (TPSA) is 44.5 Å². The third-order valence-corrected chi connectivity index (χ3v) is 4.19. The molecule has 3 nitrogen and oxygen atoms in total. The summed E-state index contributed by atoms with van der Waals surface area (Å²) in [7, 11) is 0. The molecule has 3 heterocycles. The maximum Gasteiger partial charge on any atom is 0.138 e. The SMILES string of the molecule is c1ccc2nc3[nH]c(-c4c[nH]c5ccccc45)cc3cc2c1. The van der Waals surface area contributed by atoms with Crippen molar-refractivity contribution in [2.24, 2.45) is 0 Å². The zero-order valence-electron chi connectivity index (χ0n) is 11.8.